The summed E-state index contributed by atoms with van der Waals surface area (Å²) in [5.74, 6) is -12.6. The van der Waals surface area contributed by atoms with Crippen molar-refractivity contribution in [2.45, 2.75) is 217 Å². The number of rotatable bonds is 17. The molecule has 1 saturated heterocycles. The summed E-state index contributed by atoms with van der Waals surface area (Å²) >= 11 is 0. The zero-order valence-corrected chi connectivity index (χ0v) is 61.7. The number of amides is 8. The SMILES string of the molecule is CC[C@@H]1CC(=O)[C@H]([C@H](O)[C@H](C)Cc2nc3ccc(/C=C/C(=O)O)cc3[nH]2)N(C)C(=O)[C@H](C(C)C)N(C)C(=O)[C@H](CC(C)C)N(C)C(=O)[C@H](CC(C)C)N(C)C(=O)[C@@H](C)NC(=O)[C@H](C)CC(=O)[C@H](CC(C)C)N(C)C(=O)[C@H](C(C)C)CC(=O)[C@H](CC(C)C)N(C)C(=O)CN(C)C1=O. The number of carbonyl (C=O) groups excluding carboxylic acids is 11. The third-order valence-electron chi connectivity index (χ3n) is 18.8. The van der Waals surface area contributed by atoms with E-state index in [1.54, 1.807) is 66.7 Å². The van der Waals surface area contributed by atoms with Gasteiger partial charge in [-0.25, -0.2) is 9.78 Å². The number of hydrogen-bond donors (Lipinski definition) is 4. The van der Waals surface area contributed by atoms with Gasteiger partial charge in [-0.15, -0.1) is 0 Å². The highest BCUT2D eigenvalue weighted by molar-refractivity contribution is 6.00. The quantitative estimate of drug-likeness (QED) is 0.119. The lowest BCUT2D eigenvalue weighted by Gasteiger charge is -2.41. The molecule has 96 heavy (non-hydrogen) atoms. The molecule has 4 N–H and O–H groups in total. The van der Waals surface area contributed by atoms with E-state index in [9.17, 15) is 48.6 Å². The number of Topliss-reactive ketones (excluding diaryl/α,β-unsaturated/α-hetero) is 3. The average molecular weight is 1350 g/mol. The summed E-state index contributed by atoms with van der Waals surface area (Å²) in [6, 6.07) is -3.43. The molecule has 8 amide bonds. The van der Waals surface area contributed by atoms with Gasteiger partial charge < -0.3 is 54.8 Å². The van der Waals surface area contributed by atoms with Crippen LogP contribution in [0.5, 0.6) is 0 Å². The van der Waals surface area contributed by atoms with Crippen molar-refractivity contribution >= 4 is 87.7 Å². The van der Waals surface area contributed by atoms with E-state index in [-0.39, 0.29) is 75.0 Å². The molecule has 1 aromatic heterocycles. The Morgan fingerprint density at radius 3 is 1.55 bits per heavy atom. The van der Waals surface area contributed by atoms with Crippen LogP contribution in [0.2, 0.25) is 0 Å². The smallest absolute Gasteiger partial charge is 0.328 e. The van der Waals surface area contributed by atoms with Crippen molar-refractivity contribution in [2.75, 3.05) is 55.9 Å². The Kier molecular flexibility index (Phi) is 31.8. The molecule has 2 heterocycles. The molecule has 1 fully saturated rings. The Morgan fingerprint density at radius 2 is 1.05 bits per heavy atom. The molecule has 24 nitrogen and oxygen atoms in total. The summed E-state index contributed by atoms with van der Waals surface area (Å²) in [6.45, 7) is 28.0. The van der Waals surface area contributed by atoms with Gasteiger partial charge in [0.15, 0.2) is 17.3 Å². The molecular weight excluding hydrogens is 1230 g/mol. The lowest BCUT2D eigenvalue weighted by Crippen LogP contribution is -2.62. The van der Waals surface area contributed by atoms with Crippen LogP contribution in [0.1, 0.15) is 174 Å². The first kappa shape index (κ1) is 82.9. The average Bonchev–Trinajstić information content (AvgIpc) is 0.935. The lowest BCUT2D eigenvalue weighted by atomic mass is 9.84. The van der Waals surface area contributed by atoms with E-state index in [2.05, 4.69) is 10.3 Å². The van der Waals surface area contributed by atoms with Crippen LogP contribution in [0, 0.1) is 59.2 Å². The Bertz CT molecular complexity index is 3100. The van der Waals surface area contributed by atoms with E-state index >= 15 is 19.2 Å². The number of aromatic amines is 1. The maximum absolute atomic E-state index is 15.5. The molecule has 24 heteroatoms. The normalized spacial score (nSPS) is 25.4. The maximum atomic E-state index is 15.5. The van der Waals surface area contributed by atoms with E-state index in [1.807, 2.05) is 55.4 Å². The van der Waals surface area contributed by atoms with E-state index in [1.165, 1.54) is 91.7 Å². The molecule has 0 bridgehead atoms. The number of likely N-dealkylation sites (N-methyl/N-ethyl adjacent to an activating group) is 7. The van der Waals surface area contributed by atoms with Crippen LogP contribution in [0.4, 0.5) is 0 Å². The van der Waals surface area contributed by atoms with E-state index in [0.717, 1.165) is 11.0 Å². The zero-order chi connectivity index (χ0) is 73.4. The maximum Gasteiger partial charge on any atom is 0.328 e. The van der Waals surface area contributed by atoms with Gasteiger partial charge in [0.25, 0.3) is 0 Å². The highest BCUT2D eigenvalue weighted by atomic mass is 16.4. The molecule has 0 unspecified atom stereocenters. The number of imidazole rings is 1. The van der Waals surface area contributed by atoms with Gasteiger partial charge in [-0.2, -0.15) is 0 Å². The van der Waals surface area contributed by atoms with Crippen molar-refractivity contribution in [3.05, 3.63) is 35.7 Å². The molecule has 1 aromatic carbocycles. The number of nitrogens with one attached hydrogen (secondary N) is 2. The van der Waals surface area contributed by atoms with Crippen LogP contribution in [0.3, 0.4) is 0 Å². The molecule has 1 aliphatic rings. The highest BCUT2D eigenvalue weighted by Crippen LogP contribution is 2.30. The molecule has 1 aliphatic heterocycles. The number of H-pyrrole nitrogens is 1. The third-order valence-corrected chi connectivity index (χ3v) is 18.8. The van der Waals surface area contributed by atoms with Gasteiger partial charge in [0.2, 0.25) is 47.3 Å². The number of carboxylic acid groups (broad SMARTS) is 1. The van der Waals surface area contributed by atoms with E-state index in [0.29, 0.717) is 22.4 Å². The molecule has 0 aliphatic carbocycles. The van der Waals surface area contributed by atoms with Crippen LogP contribution in [0.25, 0.3) is 17.1 Å². The van der Waals surface area contributed by atoms with Crippen LogP contribution < -0.4 is 5.32 Å². The van der Waals surface area contributed by atoms with Gasteiger partial charge in [-0.05, 0) is 104 Å². The largest absolute Gasteiger partial charge is 0.478 e. The molecule has 0 radical (unpaired) electrons. The van der Waals surface area contributed by atoms with Gasteiger partial charge in [0.05, 0.1) is 35.8 Å². The predicted molar refractivity (Wildman–Crippen MR) is 369 cm³/mol. The van der Waals surface area contributed by atoms with Crippen molar-refractivity contribution in [3.63, 3.8) is 0 Å². The van der Waals surface area contributed by atoms with Gasteiger partial charge in [0.1, 0.15) is 36.0 Å². The summed E-state index contributed by atoms with van der Waals surface area (Å²) in [5.41, 5.74) is 1.68. The number of nitrogens with zero attached hydrogens (tertiary/aromatic N) is 8. The molecule has 538 valence electrons. The molecule has 2 aromatic rings. The van der Waals surface area contributed by atoms with Crippen molar-refractivity contribution in [2.24, 2.45) is 59.2 Å². The second kappa shape index (κ2) is 36.8. The number of ketones is 3. The van der Waals surface area contributed by atoms with Gasteiger partial charge in [0, 0.05) is 98.8 Å². The molecule has 0 saturated carbocycles. The molecule has 0 spiro atoms. The third kappa shape index (κ3) is 22.3. The number of aliphatic hydroxyl groups is 1. The second-order valence-corrected chi connectivity index (χ2v) is 29.6. The summed E-state index contributed by atoms with van der Waals surface area (Å²) in [7, 11) is 10.1. The topological polar surface area (TPSA) is 309 Å². The predicted octanol–water partition coefficient (Wildman–Crippen LogP) is 6.79. The van der Waals surface area contributed by atoms with Gasteiger partial charge in [-0.3, -0.25) is 52.7 Å². The van der Waals surface area contributed by atoms with E-state index in [4.69, 9.17) is 4.98 Å². The van der Waals surface area contributed by atoms with Gasteiger partial charge in [-0.1, -0.05) is 110 Å². The number of fused-ring (bicyclic) bond motifs is 1. The number of aliphatic carboxylic acids is 1. The highest BCUT2D eigenvalue weighted by Gasteiger charge is 2.46. The first-order valence-corrected chi connectivity index (χ1v) is 34.3. The first-order chi connectivity index (χ1) is 44.5. The Hall–Kier alpha value is -7.37. The fraction of sp³-hybridized carbons (Fsp3) is 0.708. The summed E-state index contributed by atoms with van der Waals surface area (Å²) in [4.78, 5) is 191. The number of hydrogen-bond acceptors (Lipinski definition) is 14. The Labute approximate surface area is 570 Å². The Morgan fingerprint density at radius 1 is 0.573 bits per heavy atom. The fourth-order valence-electron chi connectivity index (χ4n) is 12.9. The number of carboxylic acids is 1. The molecule has 3 rings (SSSR count). The molecular formula is C72H116N10O14. The summed E-state index contributed by atoms with van der Waals surface area (Å²) in [6.07, 6.45) is 0.538. The number of benzene rings is 1. The van der Waals surface area contributed by atoms with Crippen molar-refractivity contribution in [1.82, 2.24) is 49.6 Å². The Balaban J connectivity index is 2.33. The van der Waals surface area contributed by atoms with Crippen molar-refractivity contribution in [1.29, 1.82) is 0 Å². The molecule has 12 atom stereocenters. The van der Waals surface area contributed by atoms with Crippen LogP contribution >= 0.6 is 0 Å². The summed E-state index contributed by atoms with van der Waals surface area (Å²) in [5, 5.41) is 24.6. The first-order valence-electron chi connectivity index (χ1n) is 34.3. The fourth-order valence-corrected chi connectivity index (χ4v) is 12.9. The minimum Gasteiger partial charge on any atom is -0.478 e. The van der Waals surface area contributed by atoms with Gasteiger partial charge >= 0.3 is 5.97 Å². The van der Waals surface area contributed by atoms with Crippen LogP contribution in [-0.4, -0.2) is 229 Å². The van der Waals surface area contributed by atoms with Crippen LogP contribution in [0.15, 0.2) is 24.3 Å². The number of aliphatic hydroxyl groups excluding tert-OH is 1. The zero-order valence-electron chi connectivity index (χ0n) is 61.7. The van der Waals surface area contributed by atoms with Crippen molar-refractivity contribution in [3.8, 4) is 0 Å². The second-order valence-electron chi connectivity index (χ2n) is 29.6. The van der Waals surface area contributed by atoms with E-state index < -0.39 is 167 Å². The number of aromatic nitrogens is 2. The monoisotopic (exact) mass is 1340 g/mol. The van der Waals surface area contributed by atoms with Crippen LogP contribution in [-0.2, 0) is 64.0 Å². The standard InChI is InChI=1S/C72H116N10O14/c1-24-49-36-59(85)64(65(89)45(14)34-60-74-51-27-25-48(26-28-62(87)88)35-52(51)75-60)82(23)72(96)63(44(12)13)81(22)71(95)56(32-42(8)9)80(21)70(94)55(31-41(6)7)79(20)67(91)47(16)73-66(90)46(15)33-57(83)54(30-40(4)5)78(19)69(93)50(43(10)11)37-58(84)53(29-39(2)3)77(18)61(86)38-76(17)68(49)92/h25-28,35,39-47,49-50,53-56,63-65,89H,24,29-34,36-38H2,1-23H3,(H,73,90)(H,74,75)(H,87,88)/b28-26+/t45-,46-,47-,49-,50+,53+,54+,55+,56+,63+,64-,65-/m1/s1. The minimum atomic E-state index is -1.64. The summed E-state index contributed by atoms with van der Waals surface area (Å²) < 4.78 is 0. The number of carbonyl (C=O) groups is 12. The lowest BCUT2D eigenvalue weighted by molar-refractivity contribution is -0.157. The minimum absolute atomic E-state index is 0.0383. The van der Waals surface area contributed by atoms with Crippen molar-refractivity contribution < 1.29 is 67.7 Å².